The Hall–Kier alpha value is -0.0800. The third kappa shape index (κ3) is 3.71. The fraction of sp³-hybridized carbons (Fsp3) is 1.00. The lowest BCUT2D eigenvalue weighted by atomic mass is 9.73. The van der Waals surface area contributed by atoms with Crippen molar-refractivity contribution in [1.29, 1.82) is 0 Å². The van der Waals surface area contributed by atoms with E-state index in [1.165, 1.54) is 44.9 Å². The van der Waals surface area contributed by atoms with E-state index in [0.717, 1.165) is 23.8 Å². The second-order valence-electron chi connectivity index (χ2n) is 7.22. The summed E-state index contributed by atoms with van der Waals surface area (Å²) in [7, 11) is 0. The Labute approximate surface area is 113 Å². The lowest BCUT2D eigenvalue weighted by Gasteiger charge is -2.41. The van der Waals surface area contributed by atoms with Crippen LogP contribution in [0.1, 0.15) is 65.7 Å². The van der Waals surface area contributed by atoms with E-state index < -0.39 is 0 Å². The van der Waals surface area contributed by atoms with Crippen molar-refractivity contribution in [2.24, 2.45) is 23.5 Å². The first-order valence-electron chi connectivity index (χ1n) is 8.08. The zero-order valence-corrected chi connectivity index (χ0v) is 12.5. The van der Waals surface area contributed by atoms with Gasteiger partial charge in [0.2, 0.25) is 0 Å². The van der Waals surface area contributed by atoms with Crippen molar-refractivity contribution in [1.82, 2.24) is 5.32 Å². The first kappa shape index (κ1) is 14.3. The summed E-state index contributed by atoms with van der Waals surface area (Å²) < 4.78 is 0. The maximum Gasteiger partial charge on any atom is 0.0103 e. The van der Waals surface area contributed by atoms with Gasteiger partial charge >= 0.3 is 0 Å². The summed E-state index contributed by atoms with van der Waals surface area (Å²) in [6.45, 7) is 7.20. The van der Waals surface area contributed by atoms with Gasteiger partial charge in [0.1, 0.15) is 0 Å². The predicted octanol–water partition coefficient (Wildman–Crippen LogP) is 3.31. The van der Waals surface area contributed by atoms with E-state index in [-0.39, 0.29) is 0 Å². The maximum absolute atomic E-state index is 6.11. The highest BCUT2D eigenvalue weighted by Crippen LogP contribution is 2.34. The third-order valence-corrected chi connectivity index (χ3v) is 5.19. The zero-order chi connectivity index (χ0) is 13.1. The van der Waals surface area contributed by atoms with Crippen molar-refractivity contribution in [3.05, 3.63) is 0 Å². The minimum absolute atomic E-state index is 0.440. The fourth-order valence-electron chi connectivity index (χ4n) is 4.08. The highest BCUT2D eigenvalue weighted by atomic mass is 15.0. The highest BCUT2D eigenvalue weighted by Gasteiger charge is 2.32. The van der Waals surface area contributed by atoms with E-state index >= 15 is 0 Å². The van der Waals surface area contributed by atoms with E-state index in [4.69, 9.17) is 5.73 Å². The van der Waals surface area contributed by atoms with Crippen LogP contribution in [-0.4, -0.2) is 18.1 Å². The van der Waals surface area contributed by atoms with Crippen molar-refractivity contribution < 1.29 is 0 Å². The lowest BCUT2D eigenvalue weighted by molar-refractivity contribution is 0.148. The Morgan fingerprint density at radius 2 is 1.83 bits per heavy atom. The number of hydrogen-bond donors (Lipinski definition) is 2. The molecule has 0 spiro atoms. The quantitative estimate of drug-likeness (QED) is 0.809. The van der Waals surface area contributed by atoms with Crippen molar-refractivity contribution in [2.75, 3.05) is 0 Å². The van der Waals surface area contributed by atoms with Gasteiger partial charge in [0.25, 0.3) is 0 Å². The van der Waals surface area contributed by atoms with Gasteiger partial charge in [0, 0.05) is 18.1 Å². The van der Waals surface area contributed by atoms with Crippen LogP contribution in [0.15, 0.2) is 0 Å². The van der Waals surface area contributed by atoms with Crippen LogP contribution in [0.2, 0.25) is 0 Å². The summed E-state index contributed by atoms with van der Waals surface area (Å²) >= 11 is 0. The molecule has 0 aromatic rings. The van der Waals surface area contributed by atoms with Crippen LogP contribution in [0.5, 0.6) is 0 Å². The second kappa shape index (κ2) is 6.38. The molecule has 2 heteroatoms. The molecular formula is C16H32N2. The highest BCUT2D eigenvalue weighted by molar-refractivity contribution is 4.89. The second-order valence-corrected chi connectivity index (χ2v) is 7.22. The van der Waals surface area contributed by atoms with Gasteiger partial charge in [0.05, 0.1) is 0 Å². The van der Waals surface area contributed by atoms with Crippen LogP contribution >= 0.6 is 0 Å². The molecule has 0 saturated heterocycles. The lowest BCUT2D eigenvalue weighted by Crippen LogP contribution is -2.50. The largest absolute Gasteiger partial charge is 0.328 e. The number of hydrogen-bond acceptors (Lipinski definition) is 2. The molecule has 2 fully saturated rings. The van der Waals surface area contributed by atoms with Crippen LogP contribution in [0, 0.1) is 17.8 Å². The molecule has 5 atom stereocenters. The number of nitrogens with one attached hydrogen (secondary N) is 1. The standard InChI is InChI=1S/C16H32N2/c1-11(2)15-8-7-12(3)9-16(15)18-14-6-4-5-13(17)10-14/h11-16,18H,4-10,17H2,1-3H3. The van der Waals surface area contributed by atoms with E-state index in [1.807, 2.05) is 0 Å². The molecule has 2 saturated carbocycles. The molecule has 2 nitrogen and oxygen atoms in total. The van der Waals surface area contributed by atoms with Crippen molar-refractivity contribution >= 4 is 0 Å². The van der Waals surface area contributed by atoms with E-state index in [9.17, 15) is 0 Å². The Morgan fingerprint density at radius 3 is 2.50 bits per heavy atom. The van der Waals surface area contributed by atoms with E-state index in [1.54, 1.807) is 0 Å². The molecule has 0 bridgehead atoms. The molecule has 0 aromatic carbocycles. The van der Waals surface area contributed by atoms with Crippen LogP contribution in [0.25, 0.3) is 0 Å². The first-order valence-corrected chi connectivity index (χ1v) is 8.08. The maximum atomic E-state index is 6.11. The van der Waals surface area contributed by atoms with Gasteiger partial charge in [-0.1, -0.05) is 33.6 Å². The molecular weight excluding hydrogens is 220 g/mol. The predicted molar refractivity (Wildman–Crippen MR) is 78.5 cm³/mol. The molecule has 106 valence electrons. The topological polar surface area (TPSA) is 38.0 Å². The summed E-state index contributed by atoms with van der Waals surface area (Å²) in [4.78, 5) is 0. The molecule has 0 radical (unpaired) electrons. The minimum atomic E-state index is 0.440. The van der Waals surface area contributed by atoms with Crippen molar-refractivity contribution in [2.45, 2.75) is 83.8 Å². The average molecular weight is 252 g/mol. The summed E-state index contributed by atoms with van der Waals surface area (Å²) in [5.41, 5.74) is 6.11. The van der Waals surface area contributed by atoms with Gasteiger partial charge in [-0.05, 0) is 49.9 Å². The van der Waals surface area contributed by atoms with Gasteiger partial charge in [0.15, 0.2) is 0 Å². The zero-order valence-electron chi connectivity index (χ0n) is 12.5. The molecule has 5 unspecified atom stereocenters. The number of nitrogens with two attached hydrogens (primary N) is 1. The van der Waals surface area contributed by atoms with Gasteiger partial charge in [-0.3, -0.25) is 0 Å². The Kier molecular flexibility index (Phi) is 5.08. The number of rotatable bonds is 3. The summed E-state index contributed by atoms with van der Waals surface area (Å²) in [6.07, 6.45) is 9.27. The summed E-state index contributed by atoms with van der Waals surface area (Å²) in [5.74, 6) is 2.58. The van der Waals surface area contributed by atoms with Crippen LogP contribution in [-0.2, 0) is 0 Å². The van der Waals surface area contributed by atoms with Gasteiger partial charge in [-0.2, -0.15) is 0 Å². The molecule has 2 rings (SSSR count). The monoisotopic (exact) mass is 252 g/mol. The van der Waals surface area contributed by atoms with Crippen LogP contribution < -0.4 is 11.1 Å². The third-order valence-electron chi connectivity index (χ3n) is 5.19. The minimum Gasteiger partial charge on any atom is -0.328 e. The smallest absolute Gasteiger partial charge is 0.0103 e. The molecule has 2 aliphatic carbocycles. The summed E-state index contributed by atoms with van der Waals surface area (Å²) in [5, 5.41) is 3.97. The van der Waals surface area contributed by atoms with Gasteiger partial charge in [-0.25, -0.2) is 0 Å². The molecule has 0 aromatic heterocycles. The molecule has 0 amide bonds. The van der Waals surface area contributed by atoms with Crippen molar-refractivity contribution in [3.63, 3.8) is 0 Å². The van der Waals surface area contributed by atoms with Gasteiger partial charge in [-0.15, -0.1) is 0 Å². The normalized spacial score (nSPS) is 42.2. The molecule has 0 aliphatic heterocycles. The van der Waals surface area contributed by atoms with E-state index in [0.29, 0.717) is 12.1 Å². The SMILES string of the molecule is CC1CCC(C(C)C)C(NC2CCCC(N)C2)C1. The molecule has 3 N–H and O–H groups in total. The summed E-state index contributed by atoms with van der Waals surface area (Å²) in [6, 6.07) is 1.86. The molecule has 18 heavy (non-hydrogen) atoms. The average Bonchev–Trinajstić information content (AvgIpc) is 2.28. The van der Waals surface area contributed by atoms with Gasteiger partial charge < -0.3 is 11.1 Å². The molecule has 0 heterocycles. The molecule has 2 aliphatic rings. The first-order chi connectivity index (χ1) is 8.56. The van der Waals surface area contributed by atoms with Crippen LogP contribution in [0.4, 0.5) is 0 Å². The Balaban J connectivity index is 1.91. The van der Waals surface area contributed by atoms with E-state index in [2.05, 4.69) is 26.1 Å². The fourth-order valence-corrected chi connectivity index (χ4v) is 4.08. The van der Waals surface area contributed by atoms with Crippen LogP contribution in [0.3, 0.4) is 0 Å². The Morgan fingerprint density at radius 1 is 1.06 bits per heavy atom. The Bertz CT molecular complexity index is 251. The van der Waals surface area contributed by atoms with Crippen molar-refractivity contribution in [3.8, 4) is 0 Å².